The third-order valence-corrected chi connectivity index (χ3v) is 2.60. The summed E-state index contributed by atoms with van der Waals surface area (Å²) in [6.45, 7) is 4.04. The molecule has 19 heavy (non-hydrogen) atoms. The molecule has 0 radical (unpaired) electrons. The Labute approximate surface area is 112 Å². The molecular formula is C15H17FN2O. The number of nitrogens with zero attached hydrogens (tertiary/aromatic N) is 1. The van der Waals surface area contributed by atoms with E-state index in [2.05, 4.69) is 17.2 Å². The van der Waals surface area contributed by atoms with Crippen LogP contribution in [0.15, 0.2) is 42.5 Å². The minimum atomic E-state index is -0.300. The van der Waals surface area contributed by atoms with Gasteiger partial charge in [0, 0.05) is 12.6 Å². The Morgan fingerprint density at radius 1 is 1.16 bits per heavy atom. The van der Waals surface area contributed by atoms with Crippen molar-refractivity contribution in [3.8, 4) is 5.75 Å². The fourth-order valence-corrected chi connectivity index (χ4v) is 1.68. The number of rotatable bonds is 6. The van der Waals surface area contributed by atoms with E-state index in [0.717, 1.165) is 24.5 Å². The van der Waals surface area contributed by atoms with Gasteiger partial charge in [0.05, 0.1) is 11.4 Å². The first kappa shape index (κ1) is 13.5. The lowest BCUT2D eigenvalue weighted by Gasteiger charge is -2.07. The topological polar surface area (TPSA) is 34.1 Å². The van der Waals surface area contributed by atoms with Gasteiger partial charge in [-0.05, 0) is 30.8 Å². The Bertz CT molecular complexity index is 531. The molecule has 0 saturated heterocycles. The van der Waals surface area contributed by atoms with Gasteiger partial charge < -0.3 is 10.1 Å². The molecule has 1 aromatic carbocycles. The average molecular weight is 260 g/mol. The van der Waals surface area contributed by atoms with Gasteiger partial charge in [0.1, 0.15) is 18.2 Å². The zero-order valence-corrected chi connectivity index (χ0v) is 10.9. The van der Waals surface area contributed by atoms with Crippen molar-refractivity contribution in [1.82, 2.24) is 10.3 Å². The molecule has 0 saturated carbocycles. The van der Waals surface area contributed by atoms with Crippen LogP contribution in [0.5, 0.6) is 5.75 Å². The van der Waals surface area contributed by atoms with Gasteiger partial charge in [0.25, 0.3) is 0 Å². The van der Waals surface area contributed by atoms with Crippen molar-refractivity contribution in [2.24, 2.45) is 0 Å². The van der Waals surface area contributed by atoms with Crippen molar-refractivity contribution >= 4 is 0 Å². The molecule has 0 aliphatic rings. The van der Waals surface area contributed by atoms with Crippen LogP contribution in [-0.2, 0) is 13.2 Å². The summed E-state index contributed by atoms with van der Waals surface area (Å²) in [5.74, 6) is 0.213. The van der Waals surface area contributed by atoms with E-state index in [-0.39, 0.29) is 5.82 Å². The molecule has 100 valence electrons. The summed E-state index contributed by atoms with van der Waals surface area (Å²) in [7, 11) is 0. The van der Waals surface area contributed by atoms with Gasteiger partial charge >= 0.3 is 0 Å². The van der Waals surface area contributed by atoms with Gasteiger partial charge in [-0.1, -0.05) is 19.1 Å². The first-order valence-electron chi connectivity index (χ1n) is 6.32. The molecule has 0 spiro atoms. The maximum absolute atomic E-state index is 13.0. The number of benzene rings is 1. The molecule has 0 atom stereocenters. The zero-order chi connectivity index (χ0) is 13.5. The van der Waals surface area contributed by atoms with Crippen molar-refractivity contribution in [2.45, 2.75) is 20.1 Å². The highest BCUT2D eigenvalue weighted by atomic mass is 19.1. The van der Waals surface area contributed by atoms with Crippen LogP contribution in [0.4, 0.5) is 4.39 Å². The van der Waals surface area contributed by atoms with Crippen molar-refractivity contribution in [3.63, 3.8) is 0 Å². The van der Waals surface area contributed by atoms with Gasteiger partial charge in [0.15, 0.2) is 0 Å². The lowest BCUT2D eigenvalue weighted by Crippen LogP contribution is -2.13. The summed E-state index contributed by atoms with van der Waals surface area (Å²) in [5.41, 5.74) is 1.81. The van der Waals surface area contributed by atoms with E-state index in [1.807, 2.05) is 18.2 Å². The van der Waals surface area contributed by atoms with E-state index >= 15 is 0 Å². The zero-order valence-electron chi connectivity index (χ0n) is 10.9. The normalized spacial score (nSPS) is 10.4. The minimum absolute atomic E-state index is 0.300. The van der Waals surface area contributed by atoms with Crippen LogP contribution in [0.3, 0.4) is 0 Å². The second kappa shape index (κ2) is 6.85. The van der Waals surface area contributed by atoms with Crippen LogP contribution in [0.1, 0.15) is 18.3 Å². The Hall–Kier alpha value is -1.94. The van der Waals surface area contributed by atoms with Crippen molar-refractivity contribution in [2.75, 3.05) is 6.54 Å². The minimum Gasteiger partial charge on any atom is -0.487 e. The summed E-state index contributed by atoms with van der Waals surface area (Å²) >= 11 is 0. The molecular weight excluding hydrogens is 243 g/mol. The largest absolute Gasteiger partial charge is 0.487 e. The Balaban J connectivity index is 1.95. The smallest absolute Gasteiger partial charge is 0.130 e. The highest BCUT2D eigenvalue weighted by molar-refractivity contribution is 5.22. The highest BCUT2D eigenvalue weighted by Crippen LogP contribution is 2.13. The van der Waals surface area contributed by atoms with Crippen LogP contribution < -0.4 is 10.1 Å². The molecule has 4 heteroatoms. The SMILES string of the molecule is CCNCc1cccc(COc2cccc(F)c2)n1. The maximum atomic E-state index is 13.0. The monoisotopic (exact) mass is 260 g/mol. The first-order chi connectivity index (χ1) is 9.28. The third-order valence-electron chi connectivity index (χ3n) is 2.60. The molecule has 0 amide bonds. The van der Waals surface area contributed by atoms with Crippen LogP contribution in [0.25, 0.3) is 0 Å². The van der Waals surface area contributed by atoms with Crippen molar-refractivity contribution < 1.29 is 9.13 Å². The summed E-state index contributed by atoms with van der Waals surface area (Å²) in [5, 5.41) is 3.22. The van der Waals surface area contributed by atoms with E-state index in [1.54, 1.807) is 12.1 Å². The van der Waals surface area contributed by atoms with Crippen LogP contribution in [0.2, 0.25) is 0 Å². The highest BCUT2D eigenvalue weighted by Gasteiger charge is 2.00. The van der Waals surface area contributed by atoms with Gasteiger partial charge in [-0.15, -0.1) is 0 Å². The van der Waals surface area contributed by atoms with Crippen molar-refractivity contribution in [1.29, 1.82) is 0 Å². The standard InChI is InChI=1S/C15H17FN2O/c1-2-17-10-13-6-4-7-14(18-13)11-19-15-8-3-5-12(16)9-15/h3-9,17H,2,10-11H2,1H3. The molecule has 0 aliphatic heterocycles. The van der Waals surface area contributed by atoms with Gasteiger partial charge in [-0.2, -0.15) is 0 Å². The number of ether oxygens (including phenoxy) is 1. The van der Waals surface area contributed by atoms with Gasteiger partial charge in [0.2, 0.25) is 0 Å². The quantitative estimate of drug-likeness (QED) is 0.867. The van der Waals surface area contributed by atoms with Crippen LogP contribution in [0, 0.1) is 5.82 Å². The molecule has 0 fully saturated rings. The molecule has 2 rings (SSSR count). The second-order valence-electron chi connectivity index (χ2n) is 4.15. The molecule has 1 aromatic heterocycles. The van der Waals surface area contributed by atoms with E-state index < -0.39 is 0 Å². The number of pyridine rings is 1. The number of aromatic nitrogens is 1. The van der Waals surface area contributed by atoms with Crippen molar-refractivity contribution in [3.05, 3.63) is 59.7 Å². The first-order valence-corrected chi connectivity index (χ1v) is 6.32. The number of nitrogens with one attached hydrogen (secondary N) is 1. The summed E-state index contributed by atoms with van der Waals surface area (Å²) < 4.78 is 18.5. The fraction of sp³-hybridized carbons (Fsp3) is 0.267. The number of halogens is 1. The predicted molar refractivity (Wildman–Crippen MR) is 72.3 cm³/mol. The molecule has 0 aliphatic carbocycles. The molecule has 2 aromatic rings. The summed E-state index contributed by atoms with van der Waals surface area (Å²) in [6, 6.07) is 11.9. The molecule has 0 unspecified atom stereocenters. The number of hydrogen-bond donors (Lipinski definition) is 1. The van der Waals surface area contributed by atoms with E-state index in [0.29, 0.717) is 12.4 Å². The Kier molecular flexibility index (Phi) is 4.86. The number of hydrogen-bond acceptors (Lipinski definition) is 3. The molecule has 0 bridgehead atoms. The summed E-state index contributed by atoms with van der Waals surface area (Å²) in [4.78, 5) is 4.47. The van der Waals surface area contributed by atoms with Crippen LogP contribution in [-0.4, -0.2) is 11.5 Å². The van der Waals surface area contributed by atoms with Crippen LogP contribution >= 0.6 is 0 Å². The van der Waals surface area contributed by atoms with E-state index in [4.69, 9.17) is 4.74 Å². The lowest BCUT2D eigenvalue weighted by atomic mass is 10.3. The van der Waals surface area contributed by atoms with E-state index in [1.165, 1.54) is 12.1 Å². The molecule has 1 heterocycles. The Morgan fingerprint density at radius 3 is 2.74 bits per heavy atom. The summed E-state index contributed by atoms with van der Waals surface area (Å²) in [6.07, 6.45) is 0. The Morgan fingerprint density at radius 2 is 1.95 bits per heavy atom. The van der Waals surface area contributed by atoms with Gasteiger partial charge in [-0.25, -0.2) is 4.39 Å². The molecule has 3 nitrogen and oxygen atoms in total. The predicted octanol–water partition coefficient (Wildman–Crippen LogP) is 2.91. The molecule has 1 N–H and O–H groups in total. The van der Waals surface area contributed by atoms with E-state index in [9.17, 15) is 4.39 Å². The third kappa shape index (κ3) is 4.34. The average Bonchev–Trinajstić information content (AvgIpc) is 2.43. The van der Waals surface area contributed by atoms with Gasteiger partial charge in [-0.3, -0.25) is 4.98 Å². The maximum Gasteiger partial charge on any atom is 0.130 e. The second-order valence-corrected chi connectivity index (χ2v) is 4.15. The fourth-order valence-electron chi connectivity index (χ4n) is 1.68. The lowest BCUT2D eigenvalue weighted by molar-refractivity contribution is 0.299.